The van der Waals surface area contributed by atoms with E-state index in [9.17, 15) is 19.5 Å². The van der Waals surface area contributed by atoms with Crippen LogP contribution in [0.4, 0.5) is 4.79 Å². The lowest BCUT2D eigenvalue weighted by Gasteiger charge is -2.17. The Morgan fingerprint density at radius 1 is 0.921 bits per heavy atom. The number of nitrogens with zero attached hydrogens (tertiary/aromatic N) is 4. The monoisotopic (exact) mass is 518 g/mol. The van der Waals surface area contributed by atoms with Gasteiger partial charge in [-0.1, -0.05) is 55.0 Å². The van der Waals surface area contributed by atoms with Gasteiger partial charge in [-0.3, -0.25) is 4.79 Å². The average molecular weight is 519 g/mol. The van der Waals surface area contributed by atoms with Gasteiger partial charge in [0, 0.05) is 25.3 Å². The minimum atomic E-state index is -1.23. The van der Waals surface area contributed by atoms with E-state index >= 15 is 0 Å². The molecular weight excluding hydrogens is 488 g/mol. The molecule has 2 aromatic carbocycles. The van der Waals surface area contributed by atoms with Gasteiger partial charge in [-0.05, 0) is 41.5 Å². The molecule has 11 heteroatoms. The molecule has 1 atom stereocenters. The molecule has 0 fully saturated rings. The van der Waals surface area contributed by atoms with Crippen LogP contribution in [0.2, 0.25) is 0 Å². The van der Waals surface area contributed by atoms with Crippen LogP contribution in [-0.4, -0.2) is 62.7 Å². The number of carbonyl (C=O) groups excluding carboxylic acids is 2. The molecule has 0 aliphatic heterocycles. The summed E-state index contributed by atoms with van der Waals surface area (Å²) in [6, 6.07) is 14.7. The van der Waals surface area contributed by atoms with Gasteiger partial charge in [-0.25, -0.2) is 9.59 Å². The molecule has 1 unspecified atom stereocenters. The number of hydrogen-bond acceptors (Lipinski definition) is 8. The average Bonchev–Trinajstić information content (AvgIpc) is 3.25. The number of alkyl carbamates (subject to hydrolysis) is 1. The molecule has 1 heterocycles. The maximum absolute atomic E-state index is 12.4. The maximum atomic E-state index is 12.4. The predicted octanol–water partition coefficient (Wildman–Crippen LogP) is 2.87. The van der Waals surface area contributed by atoms with Crippen molar-refractivity contribution in [2.75, 3.05) is 13.2 Å². The zero-order valence-electron chi connectivity index (χ0n) is 20.9. The quantitative estimate of drug-likeness (QED) is 0.290. The van der Waals surface area contributed by atoms with Crippen LogP contribution in [0.15, 0.2) is 54.9 Å². The van der Waals surface area contributed by atoms with E-state index in [0.29, 0.717) is 18.8 Å². The Morgan fingerprint density at radius 2 is 1.58 bits per heavy atom. The second-order valence-electron chi connectivity index (χ2n) is 9.02. The number of carbonyl (C=O) groups is 3. The van der Waals surface area contributed by atoms with Crippen molar-refractivity contribution in [1.29, 1.82) is 0 Å². The number of benzene rings is 2. The lowest BCUT2D eigenvalue weighted by Crippen LogP contribution is -2.42. The molecule has 0 spiro atoms. The lowest BCUT2D eigenvalue weighted by atomic mass is 9.98. The van der Waals surface area contributed by atoms with Gasteiger partial charge in [-0.2, -0.15) is 0 Å². The highest BCUT2D eigenvalue weighted by molar-refractivity contribution is 5.82. The number of unbranched alkanes of at least 4 members (excludes halogenated alkanes) is 2. The number of amides is 2. The first kappa shape index (κ1) is 26.6. The summed E-state index contributed by atoms with van der Waals surface area (Å²) in [6.07, 6.45) is 3.51. The fourth-order valence-corrected chi connectivity index (χ4v) is 4.54. The summed E-state index contributed by atoms with van der Waals surface area (Å²) >= 11 is 0. The first-order valence-corrected chi connectivity index (χ1v) is 12.6. The third-order valence-electron chi connectivity index (χ3n) is 6.44. The van der Waals surface area contributed by atoms with Crippen molar-refractivity contribution in [3.05, 3.63) is 71.8 Å². The number of carboxylic acids is 1. The molecule has 1 aliphatic carbocycles. The molecular formula is C27H30N6O5. The third kappa shape index (κ3) is 7.09. The van der Waals surface area contributed by atoms with Crippen LogP contribution in [-0.2, 0) is 20.7 Å². The lowest BCUT2D eigenvalue weighted by molar-refractivity contribution is -0.139. The second kappa shape index (κ2) is 13.2. The smallest absolute Gasteiger partial charge is 0.407 e. The van der Waals surface area contributed by atoms with Gasteiger partial charge < -0.3 is 20.5 Å². The van der Waals surface area contributed by atoms with Crippen LogP contribution in [0, 0.1) is 0 Å². The number of aromatic nitrogens is 4. The van der Waals surface area contributed by atoms with Gasteiger partial charge in [-0.15, -0.1) is 20.4 Å². The second-order valence-corrected chi connectivity index (χ2v) is 9.02. The largest absolute Gasteiger partial charge is 0.480 e. The van der Waals surface area contributed by atoms with Crippen molar-refractivity contribution in [2.24, 2.45) is 0 Å². The highest BCUT2D eigenvalue weighted by Crippen LogP contribution is 2.44. The molecule has 38 heavy (non-hydrogen) atoms. The number of aliphatic carboxylic acids is 1. The van der Waals surface area contributed by atoms with Crippen molar-refractivity contribution in [1.82, 2.24) is 31.0 Å². The molecule has 0 saturated carbocycles. The molecule has 1 aliphatic rings. The van der Waals surface area contributed by atoms with Crippen LogP contribution in [0.25, 0.3) is 11.1 Å². The summed E-state index contributed by atoms with van der Waals surface area (Å²) < 4.78 is 5.43. The van der Waals surface area contributed by atoms with E-state index in [-0.39, 0.29) is 31.3 Å². The molecule has 3 aromatic rings. The van der Waals surface area contributed by atoms with Gasteiger partial charge in [0.1, 0.15) is 12.6 Å². The van der Waals surface area contributed by atoms with Crippen LogP contribution in [0.1, 0.15) is 55.0 Å². The highest BCUT2D eigenvalue weighted by Gasteiger charge is 2.29. The number of rotatable bonds is 13. The van der Waals surface area contributed by atoms with Gasteiger partial charge >= 0.3 is 12.1 Å². The first-order chi connectivity index (χ1) is 18.5. The van der Waals surface area contributed by atoms with Crippen molar-refractivity contribution in [2.45, 2.75) is 50.5 Å². The normalized spacial score (nSPS) is 12.7. The van der Waals surface area contributed by atoms with E-state index < -0.39 is 18.1 Å². The van der Waals surface area contributed by atoms with Crippen molar-refractivity contribution in [3.63, 3.8) is 0 Å². The zero-order valence-corrected chi connectivity index (χ0v) is 20.9. The summed E-state index contributed by atoms with van der Waals surface area (Å²) in [6.45, 7) is 0.554. The van der Waals surface area contributed by atoms with Crippen LogP contribution in [0.3, 0.4) is 0 Å². The van der Waals surface area contributed by atoms with Crippen molar-refractivity contribution >= 4 is 18.0 Å². The van der Waals surface area contributed by atoms with E-state index in [0.717, 1.165) is 41.5 Å². The molecule has 1 aromatic heterocycles. The maximum Gasteiger partial charge on any atom is 0.407 e. The summed E-state index contributed by atoms with van der Waals surface area (Å²) in [7, 11) is 0. The Balaban J connectivity index is 1.17. The summed E-state index contributed by atoms with van der Waals surface area (Å²) in [5.41, 5.74) is 4.34. The number of hydrogen-bond donors (Lipinski definition) is 3. The van der Waals surface area contributed by atoms with Crippen molar-refractivity contribution < 1.29 is 24.2 Å². The molecule has 4 rings (SSSR count). The molecule has 11 nitrogen and oxygen atoms in total. The molecule has 2 amide bonds. The summed E-state index contributed by atoms with van der Waals surface area (Å²) in [4.78, 5) is 36.3. The summed E-state index contributed by atoms with van der Waals surface area (Å²) in [5, 5.41) is 29.8. The highest BCUT2D eigenvalue weighted by atomic mass is 16.5. The topological polar surface area (TPSA) is 156 Å². The molecule has 0 bridgehead atoms. The SMILES string of the molecule is O=C(CCC(NC(=O)OCC1c2ccccc2-c2ccccc21)C(=O)O)NCCCCCc1nncnn1. The molecule has 0 saturated heterocycles. The number of aryl methyl sites for hydroxylation is 1. The van der Waals surface area contributed by atoms with Crippen LogP contribution < -0.4 is 10.6 Å². The number of fused-ring (bicyclic) bond motifs is 3. The van der Waals surface area contributed by atoms with Crippen LogP contribution in [0.5, 0.6) is 0 Å². The predicted molar refractivity (Wildman–Crippen MR) is 137 cm³/mol. The Kier molecular flexibility index (Phi) is 9.27. The fourth-order valence-electron chi connectivity index (χ4n) is 4.54. The Labute approximate surface area is 220 Å². The molecule has 3 N–H and O–H groups in total. The van der Waals surface area contributed by atoms with Crippen molar-refractivity contribution in [3.8, 4) is 11.1 Å². The zero-order chi connectivity index (χ0) is 26.7. The Bertz CT molecular complexity index is 1210. The Morgan fingerprint density at radius 3 is 2.24 bits per heavy atom. The van der Waals surface area contributed by atoms with E-state index in [1.165, 1.54) is 6.33 Å². The molecule has 0 radical (unpaired) electrons. The van der Waals surface area contributed by atoms with Gasteiger partial charge in [0.25, 0.3) is 0 Å². The van der Waals surface area contributed by atoms with Gasteiger partial charge in [0.15, 0.2) is 12.2 Å². The standard InChI is InChI=1S/C27H30N6O5/c34-25(28-15-7-1-2-12-24-32-29-17-30-33-24)14-13-23(26(35)36)31-27(37)38-16-22-20-10-5-3-8-18(20)19-9-4-6-11-21(19)22/h3-6,8-11,17,22-23H,1-2,7,12-16H2,(H,28,34)(H,31,37)(H,35,36). The minimum Gasteiger partial charge on any atom is -0.480 e. The Hall–Kier alpha value is -4.41. The van der Waals surface area contributed by atoms with Crippen LogP contribution >= 0.6 is 0 Å². The number of carboxylic acid groups (broad SMARTS) is 1. The van der Waals surface area contributed by atoms with Gasteiger partial charge in [0.2, 0.25) is 5.91 Å². The molecule has 198 valence electrons. The number of ether oxygens (including phenoxy) is 1. The minimum absolute atomic E-state index is 0.0319. The summed E-state index contributed by atoms with van der Waals surface area (Å²) in [5.74, 6) is -1.04. The van der Waals surface area contributed by atoms with E-state index in [1.807, 2.05) is 48.5 Å². The fraction of sp³-hybridized carbons (Fsp3) is 0.370. The van der Waals surface area contributed by atoms with E-state index in [1.54, 1.807) is 0 Å². The third-order valence-corrected chi connectivity index (χ3v) is 6.44. The van der Waals surface area contributed by atoms with E-state index in [4.69, 9.17) is 4.74 Å². The van der Waals surface area contributed by atoms with E-state index in [2.05, 4.69) is 31.0 Å². The number of nitrogens with one attached hydrogen (secondary N) is 2. The van der Waals surface area contributed by atoms with Gasteiger partial charge in [0.05, 0.1) is 0 Å². The first-order valence-electron chi connectivity index (χ1n) is 12.6.